The van der Waals surface area contributed by atoms with Gasteiger partial charge in [0.15, 0.2) is 0 Å². The molecule has 0 spiro atoms. The Labute approximate surface area is 181 Å². The smallest absolute Gasteiger partial charge is 0.320 e. The van der Waals surface area contributed by atoms with Crippen molar-refractivity contribution in [2.75, 3.05) is 45.8 Å². The first-order valence-electron chi connectivity index (χ1n) is 10.8. The number of piperidine rings is 3. The average molecular weight is 453 g/mol. The van der Waals surface area contributed by atoms with E-state index in [2.05, 4.69) is 4.90 Å². The van der Waals surface area contributed by atoms with Crippen molar-refractivity contribution in [1.82, 2.24) is 19.0 Å². The fraction of sp³-hybridized carbons (Fsp3) is 0.700. The Kier molecular flexibility index (Phi) is 5.27. The number of rotatable bonds is 2. The van der Waals surface area contributed by atoms with Crippen LogP contribution in [-0.2, 0) is 14.8 Å². The van der Waals surface area contributed by atoms with Crippen LogP contribution in [-0.4, -0.2) is 91.2 Å². The summed E-state index contributed by atoms with van der Waals surface area (Å²) in [5.74, 6) is 1.00. The Bertz CT molecular complexity index is 911. The minimum atomic E-state index is -3.46. The molecule has 10 heteroatoms. The molecule has 3 atom stereocenters. The number of likely N-dealkylation sites (tertiary alicyclic amines) is 1. The molecule has 0 radical (unpaired) electrons. The third-order valence-corrected chi connectivity index (χ3v) is 10.3. The molecule has 4 fully saturated rings. The van der Waals surface area contributed by atoms with E-state index in [4.69, 9.17) is 0 Å². The lowest BCUT2D eigenvalue weighted by Crippen LogP contribution is -2.63. The number of fused-ring (bicyclic) bond motifs is 4. The second-order valence-electron chi connectivity index (χ2n) is 8.88. The number of carbonyl (C=O) groups is 2. The van der Waals surface area contributed by atoms with E-state index >= 15 is 0 Å². The van der Waals surface area contributed by atoms with Gasteiger partial charge in [0.05, 0.1) is 0 Å². The molecule has 8 nitrogen and oxygen atoms in total. The zero-order chi connectivity index (χ0) is 20.9. The molecule has 3 amide bonds. The molecule has 164 valence electrons. The van der Waals surface area contributed by atoms with E-state index in [-0.39, 0.29) is 18.0 Å². The van der Waals surface area contributed by atoms with Gasteiger partial charge in [-0.25, -0.2) is 13.2 Å². The predicted octanol–water partition coefficient (Wildman–Crippen LogP) is 1.51. The normalized spacial score (nSPS) is 30.3. The molecule has 5 heterocycles. The SMILES string of the molecule is O=C(N1CCN(S(=O)(=O)c2cccs2)CC1)N1CC2CC(C1)[C@H]1CCCC(=O)N1C2. The Hall–Kier alpha value is -1.65. The fourth-order valence-corrected chi connectivity index (χ4v) is 8.19. The quantitative estimate of drug-likeness (QED) is 0.681. The van der Waals surface area contributed by atoms with Crippen molar-refractivity contribution in [1.29, 1.82) is 0 Å². The maximum Gasteiger partial charge on any atom is 0.320 e. The molecule has 0 N–H and O–H groups in total. The fourth-order valence-electron chi connectivity index (χ4n) is 5.62. The summed E-state index contributed by atoms with van der Waals surface area (Å²) in [7, 11) is -3.46. The molecule has 1 aromatic rings. The Balaban J connectivity index is 1.21. The van der Waals surface area contributed by atoms with Crippen LogP contribution in [0.4, 0.5) is 4.79 Å². The van der Waals surface area contributed by atoms with E-state index in [1.54, 1.807) is 22.4 Å². The lowest BCUT2D eigenvalue weighted by Gasteiger charge is -2.53. The van der Waals surface area contributed by atoms with Crippen LogP contribution < -0.4 is 0 Å². The molecular weight excluding hydrogens is 424 g/mol. The summed E-state index contributed by atoms with van der Waals surface area (Å²) in [4.78, 5) is 31.3. The maximum absolute atomic E-state index is 13.2. The summed E-state index contributed by atoms with van der Waals surface area (Å²) < 4.78 is 27.3. The number of sulfonamides is 1. The third-order valence-electron chi connectivity index (χ3n) is 7.05. The van der Waals surface area contributed by atoms with E-state index in [1.165, 1.54) is 15.6 Å². The standard InChI is InChI=1S/C20H28N4O4S2/c25-18-4-1-3-17-16-11-15(13-24(17)18)12-22(14-16)20(26)21-6-8-23(9-7-21)30(27,28)19-5-2-10-29-19/h2,5,10,15-17H,1,3-4,6-9,11-14H2/t15?,16?,17-/m1/s1. The number of carbonyl (C=O) groups excluding carboxylic acids is 2. The Morgan fingerprint density at radius 2 is 1.87 bits per heavy atom. The van der Waals surface area contributed by atoms with E-state index in [0.29, 0.717) is 61.7 Å². The Morgan fingerprint density at radius 3 is 2.60 bits per heavy atom. The van der Waals surface area contributed by atoms with Crippen molar-refractivity contribution in [2.24, 2.45) is 11.8 Å². The highest BCUT2D eigenvalue weighted by Gasteiger charge is 2.45. The van der Waals surface area contributed by atoms with Crippen molar-refractivity contribution in [3.63, 3.8) is 0 Å². The molecule has 30 heavy (non-hydrogen) atoms. The van der Waals surface area contributed by atoms with Gasteiger partial charge in [0, 0.05) is 58.3 Å². The van der Waals surface area contributed by atoms with Crippen LogP contribution in [0, 0.1) is 11.8 Å². The van der Waals surface area contributed by atoms with Crippen LogP contribution in [0.25, 0.3) is 0 Å². The lowest BCUT2D eigenvalue weighted by molar-refractivity contribution is -0.144. The molecule has 4 aliphatic heterocycles. The summed E-state index contributed by atoms with van der Waals surface area (Å²) >= 11 is 1.23. The van der Waals surface area contributed by atoms with E-state index in [9.17, 15) is 18.0 Å². The number of hydrogen-bond donors (Lipinski definition) is 0. The minimum Gasteiger partial charge on any atom is -0.339 e. The summed E-state index contributed by atoms with van der Waals surface area (Å²) in [6, 6.07) is 3.67. The van der Waals surface area contributed by atoms with Gasteiger partial charge < -0.3 is 14.7 Å². The summed E-state index contributed by atoms with van der Waals surface area (Å²) in [6.07, 6.45) is 3.77. The van der Waals surface area contributed by atoms with Gasteiger partial charge in [0.1, 0.15) is 4.21 Å². The number of piperazine rings is 1. The second kappa shape index (κ2) is 7.80. The minimum absolute atomic E-state index is 0.0217. The van der Waals surface area contributed by atoms with Crippen molar-refractivity contribution < 1.29 is 18.0 Å². The van der Waals surface area contributed by atoms with Crippen molar-refractivity contribution in [3.8, 4) is 0 Å². The molecule has 1 aromatic heterocycles. The first-order valence-corrected chi connectivity index (χ1v) is 13.1. The summed E-state index contributed by atoms with van der Waals surface area (Å²) in [6.45, 7) is 3.68. The van der Waals surface area contributed by atoms with Gasteiger partial charge >= 0.3 is 6.03 Å². The van der Waals surface area contributed by atoms with Crippen LogP contribution in [0.15, 0.2) is 21.7 Å². The topological polar surface area (TPSA) is 81.2 Å². The van der Waals surface area contributed by atoms with Gasteiger partial charge in [-0.2, -0.15) is 4.31 Å². The lowest BCUT2D eigenvalue weighted by atomic mass is 9.76. The number of hydrogen-bond acceptors (Lipinski definition) is 5. The van der Waals surface area contributed by atoms with Crippen molar-refractivity contribution >= 4 is 33.3 Å². The number of nitrogens with zero attached hydrogens (tertiary/aromatic N) is 4. The molecule has 4 aliphatic rings. The molecule has 0 saturated carbocycles. The number of amides is 3. The van der Waals surface area contributed by atoms with Gasteiger partial charge in [0.25, 0.3) is 10.0 Å². The zero-order valence-corrected chi connectivity index (χ0v) is 18.6. The highest BCUT2D eigenvalue weighted by Crippen LogP contribution is 2.38. The van der Waals surface area contributed by atoms with E-state index in [1.807, 2.05) is 4.90 Å². The molecule has 2 unspecified atom stereocenters. The van der Waals surface area contributed by atoms with Crippen LogP contribution in [0.1, 0.15) is 25.7 Å². The first kappa shape index (κ1) is 20.3. The molecular formula is C20H28N4O4S2. The molecule has 5 rings (SSSR count). The summed E-state index contributed by atoms with van der Waals surface area (Å²) in [5, 5.41) is 1.76. The first-order chi connectivity index (χ1) is 14.4. The van der Waals surface area contributed by atoms with Crippen molar-refractivity contribution in [2.45, 2.75) is 35.9 Å². The van der Waals surface area contributed by atoms with Gasteiger partial charge in [-0.15, -0.1) is 11.3 Å². The number of urea groups is 1. The third kappa shape index (κ3) is 3.52. The van der Waals surface area contributed by atoms with Crippen LogP contribution >= 0.6 is 11.3 Å². The van der Waals surface area contributed by atoms with Gasteiger partial charge in [-0.1, -0.05) is 6.07 Å². The van der Waals surface area contributed by atoms with Crippen LogP contribution in [0.2, 0.25) is 0 Å². The van der Waals surface area contributed by atoms with E-state index < -0.39 is 10.0 Å². The van der Waals surface area contributed by atoms with Gasteiger partial charge in [-0.3, -0.25) is 4.79 Å². The summed E-state index contributed by atoms with van der Waals surface area (Å²) in [5.41, 5.74) is 0. The molecule has 4 saturated heterocycles. The monoisotopic (exact) mass is 452 g/mol. The predicted molar refractivity (Wildman–Crippen MR) is 113 cm³/mol. The average Bonchev–Trinajstić information content (AvgIpc) is 3.30. The highest BCUT2D eigenvalue weighted by molar-refractivity contribution is 7.91. The van der Waals surface area contributed by atoms with Crippen LogP contribution in [0.5, 0.6) is 0 Å². The Morgan fingerprint density at radius 1 is 1.07 bits per heavy atom. The zero-order valence-electron chi connectivity index (χ0n) is 17.0. The van der Waals surface area contributed by atoms with Crippen LogP contribution in [0.3, 0.4) is 0 Å². The van der Waals surface area contributed by atoms with E-state index in [0.717, 1.165) is 25.8 Å². The maximum atomic E-state index is 13.2. The second-order valence-corrected chi connectivity index (χ2v) is 12.0. The molecule has 2 bridgehead atoms. The van der Waals surface area contributed by atoms with Gasteiger partial charge in [0.2, 0.25) is 5.91 Å². The highest BCUT2D eigenvalue weighted by atomic mass is 32.2. The largest absolute Gasteiger partial charge is 0.339 e. The number of thiophene rings is 1. The van der Waals surface area contributed by atoms with Crippen molar-refractivity contribution in [3.05, 3.63) is 17.5 Å². The molecule has 0 aromatic carbocycles. The van der Waals surface area contributed by atoms with Gasteiger partial charge in [-0.05, 0) is 42.5 Å². The molecule has 0 aliphatic carbocycles.